The molecule has 1 aliphatic rings. The molecule has 1 N–H and O–H groups in total. The molecule has 23 heavy (non-hydrogen) atoms. The third-order valence-electron chi connectivity index (χ3n) is 4.03. The standard InChI is InChI=1S/C17H24FN3O2/c1-20(2)9-10-21-12-14(11-16(21)22)17(23)19-8-7-13-3-5-15(18)6-4-13/h3-6,14H,7-12H2,1-2H3,(H,19,23)/t14-/m0/s1. The van der Waals surface area contributed by atoms with Crippen LogP contribution in [-0.4, -0.2) is 61.9 Å². The van der Waals surface area contributed by atoms with Crippen molar-refractivity contribution in [3.63, 3.8) is 0 Å². The van der Waals surface area contributed by atoms with Crippen LogP contribution in [-0.2, 0) is 16.0 Å². The van der Waals surface area contributed by atoms with Crippen molar-refractivity contribution in [2.24, 2.45) is 5.92 Å². The van der Waals surface area contributed by atoms with Crippen molar-refractivity contribution in [1.82, 2.24) is 15.1 Å². The molecule has 126 valence electrons. The summed E-state index contributed by atoms with van der Waals surface area (Å²) < 4.78 is 12.8. The molecule has 0 aromatic heterocycles. The maximum absolute atomic E-state index is 12.8. The van der Waals surface area contributed by atoms with E-state index in [1.165, 1.54) is 12.1 Å². The Balaban J connectivity index is 1.73. The first-order chi connectivity index (χ1) is 11.0. The van der Waals surface area contributed by atoms with Gasteiger partial charge in [-0.1, -0.05) is 12.1 Å². The number of nitrogens with zero attached hydrogens (tertiary/aromatic N) is 2. The SMILES string of the molecule is CN(C)CCN1C[C@@H](C(=O)NCCc2ccc(F)cc2)CC1=O. The molecule has 1 fully saturated rings. The van der Waals surface area contributed by atoms with Gasteiger partial charge in [0.2, 0.25) is 11.8 Å². The van der Waals surface area contributed by atoms with Gasteiger partial charge in [0.25, 0.3) is 0 Å². The van der Waals surface area contributed by atoms with Crippen LogP contribution >= 0.6 is 0 Å². The molecule has 2 amide bonds. The predicted octanol–water partition coefficient (Wildman–Crippen LogP) is 0.895. The Kier molecular flexibility index (Phi) is 6.10. The van der Waals surface area contributed by atoms with E-state index < -0.39 is 0 Å². The zero-order valence-electron chi connectivity index (χ0n) is 13.7. The highest BCUT2D eigenvalue weighted by Crippen LogP contribution is 2.17. The number of nitrogens with one attached hydrogen (secondary N) is 1. The van der Waals surface area contributed by atoms with Gasteiger partial charge in [-0.25, -0.2) is 4.39 Å². The fraction of sp³-hybridized carbons (Fsp3) is 0.529. The van der Waals surface area contributed by atoms with Crippen molar-refractivity contribution in [1.29, 1.82) is 0 Å². The van der Waals surface area contributed by atoms with Gasteiger partial charge in [-0.3, -0.25) is 9.59 Å². The summed E-state index contributed by atoms with van der Waals surface area (Å²) in [7, 11) is 3.92. The molecule has 6 heteroatoms. The number of carbonyl (C=O) groups excluding carboxylic acids is 2. The highest BCUT2D eigenvalue weighted by molar-refractivity contribution is 5.89. The lowest BCUT2D eigenvalue weighted by Gasteiger charge is -2.19. The number of hydrogen-bond acceptors (Lipinski definition) is 3. The van der Waals surface area contributed by atoms with Gasteiger partial charge < -0.3 is 15.1 Å². The molecular formula is C17H24FN3O2. The third-order valence-corrected chi connectivity index (χ3v) is 4.03. The minimum absolute atomic E-state index is 0.0468. The fourth-order valence-electron chi connectivity index (χ4n) is 2.61. The van der Waals surface area contributed by atoms with Crippen molar-refractivity contribution >= 4 is 11.8 Å². The molecule has 0 radical (unpaired) electrons. The fourth-order valence-corrected chi connectivity index (χ4v) is 2.61. The largest absolute Gasteiger partial charge is 0.355 e. The van der Waals surface area contributed by atoms with E-state index in [-0.39, 0.29) is 30.0 Å². The Hall–Kier alpha value is -1.95. The van der Waals surface area contributed by atoms with Crippen LogP contribution in [0.3, 0.4) is 0 Å². The number of likely N-dealkylation sites (tertiary alicyclic amines) is 1. The lowest BCUT2D eigenvalue weighted by atomic mass is 10.1. The minimum atomic E-state index is -0.266. The monoisotopic (exact) mass is 321 g/mol. The van der Waals surface area contributed by atoms with Crippen LogP contribution in [0, 0.1) is 11.7 Å². The van der Waals surface area contributed by atoms with E-state index >= 15 is 0 Å². The average molecular weight is 321 g/mol. The zero-order valence-corrected chi connectivity index (χ0v) is 13.7. The van der Waals surface area contributed by atoms with Crippen molar-refractivity contribution in [2.75, 3.05) is 40.3 Å². The van der Waals surface area contributed by atoms with Gasteiger partial charge in [-0.2, -0.15) is 0 Å². The summed E-state index contributed by atoms with van der Waals surface area (Å²) in [5, 5.41) is 2.87. The predicted molar refractivity (Wildman–Crippen MR) is 86.4 cm³/mol. The lowest BCUT2D eigenvalue weighted by molar-refractivity contribution is -0.129. The molecule has 1 heterocycles. The van der Waals surface area contributed by atoms with Crippen molar-refractivity contribution in [2.45, 2.75) is 12.8 Å². The van der Waals surface area contributed by atoms with Gasteiger partial charge in [0.1, 0.15) is 5.82 Å². The minimum Gasteiger partial charge on any atom is -0.355 e. The van der Waals surface area contributed by atoms with Gasteiger partial charge in [-0.15, -0.1) is 0 Å². The normalized spacial score (nSPS) is 17.8. The summed E-state index contributed by atoms with van der Waals surface area (Å²) in [6.07, 6.45) is 0.937. The first-order valence-corrected chi connectivity index (χ1v) is 7.90. The number of amides is 2. The van der Waals surface area contributed by atoms with E-state index in [1.54, 1.807) is 17.0 Å². The molecule has 0 unspecified atom stereocenters. The smallest absolute Gasteiger partial charge is 0.225 e. The van der Waals surface area contributed by atoms with E-state index in [0.717, 1.165) is 12.1 Å². The number of rotatable bonds is 7. The second-order valence-electron chi connectivity index (χ2n) is 6.21. The summed E-state index contributed by atoms with van der Waals surface area (Å²) in [6, 6.07) is 6.25. The summed E-state index contributed by atoms with van der Waals surface area (Å²) in [5.74, 6) is -0.559. The topological polar surface area (TPSA) is 52.6 Å². The van der Waals surface area contributed by atoms with Gasteiger partial charge in [0.15, 0.2) is 0 Å². The molecule has 1 aromatic rings. The third kappa shape index (κ3) is 5.32. The summed E-state index contributed by atoms with van der Waals surface area (Å²) in [5.41, 5.74) is 0.974. The molecule has 0 aliphatic carbocycles. The highest BCUT2D eigenvalue weighted by Gasteiger charge is 2.33. The average Bonchev–Trinajstić information content (AvgIpc) is 2.88. The molecule has 1 aromatic carbocycles. The highest BCUT2D eigenvalue weighted by atomic mass is 19.1. The lowest BCUT2D eigenvalue weighted by Crippen LogP contribution is -2.36. The first-order valence-electron chi connectivity index (χ1n) is 7.90. The Morgan fingerprint density at radius 2 is 2.04 bits per heavy atom. The Morgan fingerprint density at radius 1 is 1.35 bits per heavy atom. The molecule has 0 bridgehead atoms. The molecule has 0 spiro atoms. The Labute approximate surface area is 136 Å². The number of hydrogen-bond donors (Lipinski definition) is 1. The number of carbonyl (C=O) groups is 2. The Morgan fingerprint density at radius 3 is 2.70 bits per heavy atom. The van der Waals surface area contributed by atoms with Crippen LogP contribution in [0.4, 0.5) is 4.39 Å². The number of halogens is 1. The van der Waals surface area contributed by atoms with E-state index in [2.05, 4.69) is 5.32 Å². The van der Waals surface area contributed by atoms with Crippen LogP contribution < -0.4 is 5.32 Å². The Bertz CT molecular complexity index is 545. The van der Waals surface area contributed by atoms with E-state index in [9.17, 15) is 14.0 Å². The summed E-state index contributed by atoms with van der Waals surface area (Å²) >= 11 is 0. The molecule has 1 saturated heterocycles. The van der Waals surface area contributed by atoms with Gasteiger partial charge in [0.05, 0.1) is 5.92 Å². The van der Waals surface area contributed by atoms with Gasteiger partial charge >= 0.3 is 0 Å². The maximum Gasteiger partial charge on any atom is 0.225 e. The molecular weight excluding hydrogens is 297 g/mol. The first kappa shape index (κ1) is 17.4. The van der Waals surface area contributed by atoms with Crippen LogP contribution in [0.1, 0.15) is 12.0 Å². The van der Waals surface area contributed by atoms with Crippen molar-refractivity contribution < 1.29 is 14.0 Å². The second kappa shape index (κ2) is 8.06. The summed E-state index contributed by atoms with van der Waals surface area (Å²) in [6.45, 7) is 2.44. The van der Waals surface area contributed by atoms with E-state index in [1.807, 2.05) is 19.0 Å². The van der Waals surface area contributed by atoms with Gasteiger partial charge in [-0.05, 0) is 38.2 Å². The van der Waals surface area contributed by atoms with Crippen molar-refractivity contribution in [3.8, 4) is 0 Å². The molecule has 1 aliphatic heterocycles. The quantitative estimate of drug-likeness (QED) is 0.812. The van der Waals surface area contributed by atoms with Crippen molar-refractivity contribution in [3.05, 3.63) is 35.6 Å². The maximum atomic E-state index is 12.8. The van der Waals surface area contributed by atoms with Crippen LogP contribution in [0.5, 0.6) is 0 Å². The summed E-state index contributed by atoms with van der Waals surface area (Å²) in [4.78, 5) is 27.9. The van der Waals surface area contributed by atoms with E-state index in [0.29, 0.717) is 26.1 Å². The number of benzene rings is 1. The van der Waals surface area contributed by atoms with Crippen LogP contribution in [0.2, 0.25) is 0 Å². The molecule has 1 atom stereocenters. The second-order valence-corrected chi connectivity index (χ2v) is 6.21. The van der Waals surface area contributed by atoms with Crippen LogP contribution in [0.25, 0.3) is 0 Å². The number of likely N-dealkylation sites (N-methyl/N-ethyl adjacent to an activating group) is 1. The van der Waals surface area contributed by atoms with Gasteiger partial charge in [0, 0.05) is 32.6 Å². The molecule has 2 rings (SSSR count). The van der Waals surface area contributed by atoms with E-state index in [4.69, 9.17) is 0 Å². The molecule has 5 nitrogen and oxygen atoms in total. The van der Waals surface area contributed by atoms with Crippen LogP contribution in [0.15, 0.2) is 24.3 Å². The molecule has 0 saturated carbocycles. The zero-order chi connectivity index (χ0) is 16.8.